The molecule has 25 heavy (non-hydrogen) atoms. The van der Waals surface area contributed by atoms with Crippen molar-refractivity contribution in [2.45, 2.75) is 16.2 Å². The Kier molecular flexibility index (Phi) is 6.93. The third-order valence-electron chi connectivity index (χ3n) is 3.51. The molecule has 1 heterocycles. The van der Waals surface area contributed by atoms with E-state index in [1.54, 1.807) is 17.8 Å². The Morgan fingerprint density at radius 1 is 1.16 bits per heavy atom. The van der Waals surface area contributed by atoms with Crippen LogP contribution in [-0.2, 0) is 14.6 Å². The fourth-order valence-electron chi connectivity index (χ4n) is 2.52. The molecule has 0 unspecified atom stereocenters. The van der Waals surface area contributed by atoms with Crippen LogP contribution in [0.4, 0.5) is 11.4 Å². The first kappa shape index (κ1) is 20.3. The number of anilines is 2. The van der Waals surface area contributed by atoms with Crippen LogP contribution in [0.1, 0.15) is 12.0 Å². The number of rotatable bonds is 5. The van der Waals surface area contributed by atoms with E-state index < -0.39 is 10.4 Å². The van der Waals surface area contributed by atoms with E-state index >= 15 is 0 Å². The first-order valence-electron chi connectivity index (χ1n) is 7.17. The van der Waals surface area contributed by atoms with Crippen molar-refractivity contribution >= 4 is 33.5 Å². The Labute approximate surface area is 173 Å². The van der Waals surface area contributed by atoms with Gasteiger partial charge in [0, 0.05) is 16.3 Å². The van der Waals surface area contributed by atoms with Gasteiger partial charge in [0.25, 0.3) is 0 Å². The van der Waals surface area contributed by atoms with Crippen molar-refractivity contribution in [1.82, 2.24) is 0 Å². The van der Waals surface area contributed by atoms with Crippen LogP contribution < -0.4 is 34.5 Å². The van der Waals surface area contributed by atoms with Crippen molar-refractivity contribution in [1.29, 1.82) is 5.26 Å². The van der Waals surface area contributed by atoms with Gasteiger partial charge in [-0.3, -0.25) is 4.18 Å². The molecular weight excluding hydrogens is 371 g/mol. The minimum absolute atomic E-state index is 0. The maximum Gasteiger partial charge on any atom is 1.00 e. The van der Waals surface area contributed by atoms with Crippen LogP contribution in [0.3, 0.4) is 0 Å². The molecule has 0 N–H and O–H groups in total. The summed E-state index contributed by atoms with van der Waals surface area (Å²) in [6.07, 6.45) is 0.358. The molecule has 1 aliphatic heterocycles. The number of fused-ring (bicyclic) bond motifs is 2. The summed E-state index contributed by atoms with van der Waals surface area (Å²) in [5.74, 6) is 0. The van der Waals surface area contributed by atoms with Gasteiger partial charge in [0.15, 0.2) is 0 Å². The van der Waals surface area contributed by atoms with Crippen molar-refractivity contribution < 1.29 is 46.7 Å². The number of nitrogens with zero attached hydrogens (tertiary/aromatic N) is 2. The van der Waals surface area contributed by atoms with Gasteiger partial charge in [0.05, 0.1) is 29.6 Å². The molecule has 0 atom stereocenters. The van der Waals surface area contributed by atoms with Crippen LogP contribution in [0.15, 0.2) is 52.3 Å². The van der Waals surface area contributed by atoms with E-state index in [2.05, 4.69) is 10.3 Å². The average molecular weight is 384 g/mol. The van der Waals surface area contributed by atoms with Crippen LogP contribution >= 0.6 is 11.8 Å². The third-order valence-corrected chi connectivity index (χ3v) is 5.09. The topological polar surface area (TPSA) is 93.5 Å². The summed E-state index contributed by atoms with van der Waals surface area (Å²) in [4.78, 5) is 4.11. The van der Waals surface area contributed by atoms with Crippen LogP contribution in [0.5, 0.6) is 0 Å². The molecule has 0 spiro atoms. The van der Waals surface area contributed by atoms with E-state index in [9.17, 15) is 13.0 Å². The summed E-state index contributed by atoms with van der Waals surface area (Å²) < 4.78 is 35.9. The van der Waals surface area contributed by atoms with Gasteiger partial charge in [-0.05, 0) is 36.8 Å². The second-order valence-corrected chi connectivity index (χ2v) is 7.24. The number of nitriles is 1. The summed E-state index contributed by atoms with van der Waals surface area (Å²) in [5.41, 5.74) is 2.43. The van der Waals surface area contributed by atoms with Gasteiger partial charge in [-0.1, -0.05) is 23.9 Å². The van der Waals surface area contributed by atoms with Crippen molar-refractivity contribution in [2.24, 2.45) is 0 Å². The monoisotopic (exact) mass is 384 g/mol. The molecule has 124 valence electrons. The molecule has 0 bridgehead atoms. The molecular formula is C16H13N2NaO4S2. The number of hydrogen-bond acceptors (Lipinski definition) is 7. The third kappa shape index (κ3) is 4.99. The first-order chi connectivity index (χ1) is 11.5. The Balaban J connectivity index is 0.00000225. The fraction of sp³-hybridized carbons (Fsp3) is 0.188. The summed E-state index contributed by atoms with van der Waals surface area (Å²) in [5, 5.41) is 9.13. The second kappa shape index (κ2) is 8.56. The van der Waals surface area contributed by atoms with Gasteiger partial charge in [-0.15, -0.1) is 0 Å². The Morgan fingerprint density at radius 3 is 2.60 bits per heavy atom. The van der Waals surface area contributed by atoms with E-state index in [1.807, 2.05) is 41.3 Å². The molecule has 2 aromatic rings. The molecule has 0 saturated carbocycles. The molecule has 3 rings (SSSR count). The van der Waals surface area contributed by atoms with Crippen LogP contribution in [0, 0.1) is 11.3 Å². The zero-order chi connectivity index (χ0) is 17.2. The zero-order valence-electron chi connectivity index (χ0n) is 13.5. The van der Waals surface area contributed by atoms with Crippen LogP contribution in [0.2, 0.25) is 0 Å². The maximum atomic E-state index is 10.5. The summed E-state index contributed by atoms with van der Waals surface area (Å²) >= 11 is 1.62. The van der Waals surface area contributed by atoms with Gasteiger partial charge in [0.2, 0.25) is 10.4 Å². The standard InChI is InChI=1S/C16H14N2O4S2.Na/c17-11-12-6-7-16-14(10-12)18(8-3-9-22-24(19,20)21)13-4-1-2-5-15(13)23-16;/h1-2,4-7,10H,3,8-9H2,(H,19,20,21);/q;+1/p-1. The Bertz CT molecular complexity index is 913. The second-order valence-electron chi connectivity index (χ2n) is 5.10. The molecule has 1 aliphatic rings. The molecule has 0 radical (unpaired) electrons. The summed E-state index contributed by atoms with van der Waals surface area (Å²) in [6.45, 7) is 0.292. The smallest absolute Gasteiger partial charge is 0.726 e. The van der Waals surface area contributed by atoms with Crippen molar-refractivity contribution in [3.8, 4) is 6.07 Å². The fourth-order valence-corrected chi connectivity index (χ4v) is 3.92. The number of hydrogen-bond donors (Lipinski definition) is 0. The van der Waals surface area contributed by atoms with E-state index in [4.69, 9.17) is 5.26 Å². The van der Waals surface area contributed by atoms with E-state index in [1.165, 1.54) is 0 Å². The van der Waals surface area contributed by atoms with Crippen LogP contribution in [-0.4, -0.2) is 26.1 Å². The summed E-state index contributed by atoms with van der Waals surface area (Å²) in [7, 11) is -4.67. The molecule has 0 saturated heterocycles. The molecule has 0 aromatic heterocycles. The SMILES string of the molecule is N#Cc1ccc2c(c1)N(CCCOS(=O)(=O)[O-])c1ccccc1S2.[Na+]. The number of para-hydroxylation sites is 1. The van der Waals surface area contributed by atoms with Crippen molar-refractivity contribution in [3.05, 3.63) is 48.0 Å². The van der Waals surface area contributed by atoms with E-state index in [0.29, 0.717) is 18.5 Å². The maximum absolute atomic E-state index is 10.5. The molecule has 0 amide bonds. The minimum atomic E-state index is -4.67. The zero-order valence-corrected chi connectivity index (χ0v) is 17.1. The van der Waals surface area contributed by atoms with Crippen LogP contribution in [0.25, 0.3) is 0 Å². The molecule has 6 nitrogen and oxygen atoms in total. The van der Waals surface area contributed by atoms with E-state index in [-0.39, 0.29) is 36.2 Å². The quantitative estimate of drug-likeness (QED) is 0.311. The Morgan fingerprint density at radius 2 is 1.88 bits per heavy atom. The van der Waals surface area contributed by atoms with Gasteiger partial charge >= 0.3 is 29.6 Å². The normalized spacial score (nSPS) is 12.6. The Hall–Kier alpha value is -1.05. The van der Waals surface area contributed by atoms with Crippen molar-refractivity contribution in [3.63, 3.8) is 0 Å². The van der Waals surface area contributed by atoms with Gasteiger partial charge in [-0.2, -0.15) is 5.26 Å². The van der Waals surface area contributed by atoms with Gasteiger partial charge in [0.1, 0.15) is 0 Å². The minimum Gasteiger partial charge on any atom is -0.726 e. The molecule has 2 aromatic carbocycles. The molecule has 0 aliphatic carbocycles. The number of benzene rings is 2. The van der Waals surface area contributed by atoms with Gasteiger partial charge in [-0.25, -0.2) is 8.42 Å². The predicted molar refractivity (Wildman–Crippen MR) is 89.0 cm³/mol. The molecule has 9 heteroatoms. The van der Waals surface area contributed by atoms with Gasteiger partial charge < -0.3 is 9.45 Å². The van der Waals surface area contributed by atoms with E-state index in [0.717, 1.165) is 21.2 Å². The average Bonchev–Trinajstić information content (AvgIpc) is 2.56. The summed E-state index contributed by atoms with van der Waals surface area (Å²) in [6, 6.07) is 15.5. The largest absolute Gasteiger partial charge is 1.00 e. The first-order valence-corrected chi connectivity index (χ1v) is 9.32. The predicted octanol–water partition coefficient (Wildman–Crippen LogP) is 0.0319. The molecule has 0 fully saturated rings. The van der Waals surface area contributed by atoms with Crippen molar-refractivity contribution in [2.75, 3.05) is 18.1 Å².